The van der Waals surface area contributed by atoms with Gasteiger partial charge in [-0.15, -0.1) is 0 Å². The number of likely N-dealkylation sites (tertiary alicyclic amines) is 1. The molecule has 3 aromatic rings. The van der Waals surface area contributed by atoms with Crippen LogP contribution in [0.4, 0.5) is 0 Å². The number of rotatable bonds is 27. The smallest absolute Gasteiger partial charge is 0.326 e. The van der Waals surface area contributed by atoms with Gasteiger partial charge in [0.15, 0.2) is 5.96 Å². The van der Waals surface area contributed by atoms with Gasteiger partial charge in [-0.05, 0) is 81.0 Å². The van der Waals surface area contributed by atoms with E-state index in [1.54, 1.807) is 70.2 Å². The minimum atomic E-state index is -1.37. The van der Waals surface area contributed by atoms with Crippen LogP contribution in [0.15, 0.2) is 72.1 Å². The van der Waals surface area contributed by atoms with Crippen LogP contribution in [-0.2, 0) is 57.6 Å². The molecule has 0 bridgehead atoms. The van der Waals surface area contributed by atoms with Crippen LogP contribution in [0.5, 0.6) is 5.75 Å². The third-order valence-corrected chi connectivity index (χ3v) is 12.8. The van der Waals surface area contributed by atoms with Crippen molar-refractivity contribution in [2.45, 2.75) is 147 Å². The number of benzene rings is 2. The molecule has 1 aromatic heterocycles. The zero-order valence-electron chi connectivity index (χ0n) is 43.1. The number of amides is 7. The fourth-order valence-electron chi connectivity index (χ4n) is 8.26. The Hall–Kier alpha value is -7.56. The number of carboxylic acid groups (broad SMARTS) is 1. The molecule has 0 aliphatic carbocycles. The molecule has 1 fully saturated rings. The van der Waals surface area contributed by atoms with E-state index in [2.05, 4.69) is 46.9 Å². The second-order valence-corrected chi connectivity index (χ2v) is 19.7. The van der Waals surface area contributed by atoms with Gasteiger partial charge in [0.2, 0.25) is 41.4 Å². The number of carbonyl (C=O) groups is 8. The van der Waals surface area contributed by atoms with Gasteiger partial charge in [0.25, 0.3) is 0 Å². The first-order chi connectivity index (χ1) is 35.0. The molecule has 0 radical (unpaired) electrons. The van der Waals surface area contributed by atoms with Gasteiger partial charge < -0.3 is 69.2 Å². The molecule has 23 nitrogen and oxygen atoms in total. The van der Waals surface area contributed by atoms with Crippen LogP contribution in [0.25, 0.3) is 0 Å². The summed E-state index contributed by atoms with van der Waals surface area (Å²) in [5.41, 5.74) is 17.3. The van der Waals surface area contributed by atoms with E-state index in [0.717, 1.165) is 0 Å². The van der Waals surface area contributed by atoms with E-state index in [9.17, 15) is 48.6 Å². The van der Waals surface area contributed by atoms with Crippen molar-refractivity contribution in [3.8, 4) is 5.75 Å². The number of imidazole rings is 1. The van der Waals surface area contributed by atoms with Crippen LogP contribution < -0.4 is 49.1 Å². The minimum Gasteiger partial charge on any atom is -0.508 e. The Morgan fingerprint density at radius 3 is 1.97 bits per heavy atom. The standard InChI is InChI=1S/C51H75N13O10/c1-7-30(4)41(46(70)59-37(26-33-27-55-28-57-33)47(71)64-23-12-11-17-39(64)44(68)60-38(48(72)73)25-31-14-9-8-10-15-31)63-43(67)36(24-32-18-20-34(65)21-19-32)58-45(69)40(29(2)3)62-42(66)35(16-13-22-56-50(52)53)61-49(74)51(5,6)54/h8-10,14-15,18-21,27-30,35-41,65H,7,11-13,16-17,22-26,54H2,1-6H3,(H,55,57)(H,58,69)(H,59,70)(H,60,68)(H,61,74)(H,62,66)(H,63,67)(H,72,73)(H4,52,53,56)/t30-,35-,36-,37-,38-,39-,40-,41-/m0/s1. The van der Waals surface area contributed by atoms with Crippen molar-refractivity contribution >= 4 is 53.3 Å². The lowest BCUT2D eigenvalue weighted by Crippen LogP contribution is -2.63. The zero-order chi connectivity index (χ0) is 54.7. The predicted octanol–water partition coefficient (Wildman–Crippen LogP) is 0.0107. The Labute approximate surface area is 431 Å². The number of hydrogen-bond donors (Lipinski definition) is 12. The topological polar surface area (TPSA) is 372 Å². The number of nitrogens with two attached hydrogens (primary N) is 3. The largest absolute Gasteiger partial charge is 0.508 e. The van der Waals surface area contributed by atoms with Gasteiger partial charge in [-0.25, -0.2) is 9.78 Å². The number of aromatic hydroxyl groups is 1. The number of aromatic nitrogens is 2. The summed E-state index contributed by atoms with van der Waals surface area (Å²) in [5, 5.41) is 36.5. The molecule has 0 saturated carbocycles. The maximum Gasteiger partial charge on any atom is 0.326 e. The SMILES string of the molecule is CC[C@H](C)[C@H](NC(=O)[C@H](Cc1ccc(O)cc1)NC(=O)[C@@H](NC(=O)[C@H](CCCN=C(N)N)NC(=O)C(C)(C)N)C(C)C)C(=O)N[C@@H](Cc1cnc[nH]1)C(=O)N1CCCC[C@H]1C(=O)N[C@@H](Cc1ccccc1)C(=O)O. The Kier molecular flexibility index (Phi) is 22.4. The van der Waals surface area contributed by atoms with Gasteiger partial charge in [-0.1, -0.05) is 76.6 Å². The number of nitrogens with one attached hydrogen (secondary N) is 7. The first kappa shape index (κ1) is 59.0. The fourth-order valence-corrected chi connectivity index (χ4v) is 8.26. The van der Waals surface area contributed by atoms with Gasteiger partial charge in [-0.3, -0.25) is 38.6 Å². The summed E-state index contributed by atoms with van der Waals surface area (Å²) < 4.78 is 0. The number of phenolic OH excluding ortho intramolecular Hbond substituents is 1. The molecule has 0 spiro atoms. The van der Waals surface area contributed by atoms with E-state index in [0.29, 0.717) is 36.1 Å². The third kappa shape index (κ3) is 18.2. The van der Waals surface area contributed by atoms with Gasteiger partial charge in [0.1, 0.15) is 48.0 Å². The summed E-state index contributed by atoms with van der Waals surface area (Å²) >= 11 is 0. The van der Waals surface area contributed by atoms with Crippen molar-refractivity contribution in [1.82, 2.24) is 46.8 Å². The van der Waals surface area contributed by atoms with E-state index >= 15 is 0 Å². The average Bonchev–Trinajstić information content (AvgIpc) is 3.88. The van der Waals surface area contributed by atoms with E-state index in [1.807, 2.05) is 0 Å². The second-order valence-electron chi connectivity index (χ2n) is 19.7. The number of hydrogen-bond acceptors (Lipinski definition) is 12. The Bertz CT molecular complexity index is 2390. The first-order valence-corrected chi connectivity index (χ1v) is 25.0. The average molecular weight is 1030 g/mol. The molecule has 8 atom stereocenters. The summed E-state index contributed by atoms with van der Waals surface area (Å²) in [5.74, 6) is -7.44. The molecule has 15 N–H and O–H groups in total. The van der Waals surface area contributed by atoms with Crippen LogP contribution in [-0.4, -0.2) is 139 Å². The lowest BCUT2D eigenvalue weighted by Gasteiger charge is -2.38. The number of aliphatic carboxylic acids is 1. The van der Waals surface area contributed by atoms with Crippen LogP contribution in [0.3, 0.4) is 0 Å². The number of phenols is 1. The highest BCUT2D eigenvalue weighted by molar-refractivity contribution is 5.98. The fraction of sp³-hybridized carbons (Fsp3) is 0.529. The second kappa shape index (κ2) is 28.0. The monoisotopic (exact) mass is 1030 g/mol. The van der Waals surface area contributed by atoms with Crippen LogP contribution >= 0.6 is 0 Å². The Morgan fingerprint density at radius 2 is 1.38 bits per heavy atom. The number of aromatic amines is 1. The van der Waals surface area contributed by atoms with E-state index < -0.39 is 107 Å². The molecule has 0 unspecified atom stereocenters. The molecule has 74 heavy (non-hydrogen) atoms. The maximum absolute atomic E-state index is 14.7. The molecule has 1 aliphatic rings. The van der Waals surface area contributed by atoms with Crippen molar-refractivity contribution < 1.29 is 48.6 Å². The van der Waals surface area contributed by atoms with Crippen LogP contribution in [0.1, 0.15) is 96.9 Å². The van der Waals surface area contributed by atoms with Crippen molar-refractivity contribution in [1.29, 1.82) is 0 Å². The first-order valence-electron chi connectivity index (χ1n) is 25.0. The summed E-state index contributed by atoms with van der Waals surface area (Å²) in [4.78, 5) is 124. The molecule has 1 saturated heterocycles. The third-order valence-electron chi connectivity index (χ3n) is 12.8. The minimum absolute atomic E-state index is 0.0114. The van der Waals surface area contributed by atoms with E-state index in [1.165, 1.54) is 43.4 Å². The zero-order valence-corrected chi connectivity index (χ0v) is 43.1. The highest BCUT2D eigenvalue weighted by atomic mass is 16.4. The molecule has 404 valence electrons. The molecular formula is C51H75N13O10. The number of H-pyrrole nitrogens is 1. The highest BCUT2D eigenvalue weighted by Gasteiger charge is 2.40. The van der Waals surface area contributed by atoms with Gasteiger partial charge >= 0.3 is 5.97 Å². The van der Waals surface area contributed by atoms with Gasteiger partial charge in [0, 0.05) is 44.2 Å². The molecule has 2 heterocycles. The number of nitrogens with zero attached hydrogens (tertiary/aromatic N) is 3. The maximum atomic E-state index is 14.7. The van der Waals surface area contributed by atoms with Gasteiger partial charge in [0.05, 0.1) is 11.9 Å². The van der Waals surface area contributed by atoms with E-state index in [-0.39, 0.29) is 63.3 Å². The highest BCUT2D eigenvalue weighted by Crippen LogP contribution is 2.21. The summed E-state index contributed by atoms with van der Waals surface area (Å²) in [6.45, 7) is 10.1. The number of guanidine groups is 1. The molecular weight excluding hydrogens is 955 g/mol. The predicted molar refractivity (Wildman–Crippen MR) is 275 cm³/mol. The molecule has 2 aromatic carbocycles. The summed E-state index contributed by atoms with van der Waals surface area (Å²) in [6, 6.07) is 6.06. The van der Waals surface area contributed by atoms with Crippen molar-refractivity contribution in [3.63, 3.8) is 0 Å². The van der Waals surface area contributed by atoms with Crippen molar-refractivity contribution in [2.75, 3.05) is 13.1 Å². The van der Waals surface area contributed by atoms with Crippen molar-refractivity contribution in [3.05, 3.63) is 83.9 Å². The Balaban J connectivity index is 1.61. The van der Waals surface area contributed by atoms with Crippen LogP contribution in [0, 0.1) is 11.8 Å². The molecule has 1 aliphatic heterocycles. The normalized spacial score (nSPS) is 16.4. The number of carboxylic acids is 1. The summed E-state index contributed by atoms with van der Waals surface area (Å²) in [6.07, 6.45) is 4.77. The van der Waals surface area contributed by atoms with E-state index in [4.69, 9.17) is 17.2 Å². The Morgan fingerprint density at radius 1 is 0.770 bits per heavy atom. The quantitative estimate of drug-likeness (QED) is 0.0272. The van der Waals surface area contributed by atoms with Gasteiger partial charge in [-0.2, -0.15) is 0 Å². The lowest BCUT2D eigenvalue weighted by atomic mass is 9.95. The molecule has 4 rings (SSSR count). The molecule has 7 amide bonds. The van der Waals surface area contributed by atoms with Crippen molar-refractivity contribution in [2.24, 2.45) is 34.0 Å². The van der Waals surface area contributed by atoms with Crippen LogP contribution in [0.2, 0.25) is 0 Å². The number of piperidine rings is 1. The lowest BCUT2D eigenvalue weighted by molar-refractivity contribution is -0.147. The molecule has 23 heteroatoms. The number of aliphatic imine (C=N–C) groups is 1. The summed E-state index contributed by atoms with van der Waals surface area (Å²) in [7, 11) is 0. The number of carbonyl (C=O) groups excluding carboxylic acids is 7.